The predicted octanol–water partition coefficient (Wildman–Crippen LogP) is 2.27. The van der Waals surface area contributed by atoms with E-state index in [4.69, 9.17) is 0 Å². The van der Waals surface area contributed by atoms with Crippen molar-refractivity contribution in [2.45, 2.75) is 38.0 Å². The van der Waals surface area contributed by atoms with E-state index in [2.05, 4.69) is 10.2 Å². The number of carbonyl (C=O) groups is 1. The zero-order valence-electron chi connectivity index (χ0n) is 7.62. The number of H-pyrrole nitrogens is 1. The number of carbonyl (C=O) groups excluding carboxylic acids is 1. The van der Waals surface area contributed by atoms with E-state index in [1.54, 1.807) is 0 Å². The fraction of sp³-hybridized carbons (Fsp3) is 0.600. The maximum Gasteiger partial charge on any atom is 0.170 e. The van der Waals surface area contributed by atoms with Crippen LogP contribution >= 0.6 is 0 Å². The lowest BCUT2D eigenvalue weighted by atomic mass is 9.87. The lowest BCUT2D eigenvalue weighted by Gasteiger charge is -2.19. The summed E-state index contributed by atoms with van der Waals surface area (Å²) in [4.78, 5) is 10.4. The van der Waals surface area contributed by atoms with E-state index in [9.17, 15) is 4.79 Å². The van der Waals surface area contributed by atoms with E-state index in [1.165, 1.54) is 32.1 Å². The van der Waals surface area contributed by atoms with Gasteiger partial charge in [0.25, 0.3) is 0 Å². The Hall–Kier alpha value is -1.12. The van der Waals surface area contributed by atoms with Gasteiger partial charge in [-0.15, -0.1) is 0 Å². The van der Waals surface area contributed by atoms with Crippen LogP contribution in [-0.2, 0) is 0 Å². The van der Waals surface area contributed by atoms with Crippen LogP contribution < -0.4 is 0 Å². The Labute approximate surface area is 77.5 Å². The summed E-state index contributed by atoms with van der Waals surface area (Å²) in [5, 5.41) is 6.86. The second kappa shape index (κ2) is 3.73. The van der Waals surface area contributed by atoms with E-state index in [0.29, 0.717) is 11.6 Å². The van der Waals surface area contributed by atoms with Crippen molar-refractivity contribution in [2.75, 3.05) is 0 Å². The summed E-state index contributed by atoms with van der Waals surface area (Å²) in [5.74, 6) is 0.606. The van der Waals surface area contributed by atoms with Gasteiger partial charge in [-0.3, -0.25) is 9.89 Å². The van der Waals surface area contributed by atoms with Crippen LogP contribution in [0.15, 0.2) is 6.07 Å². The molecule has 1 saturated carbocycles. The van der Waals surface area contributed by atoms with E-state index < -0.39 is 0 Å². The molecule has 1 heterocycles. The molecule has 1 aromatic rings. The summed E-state index contributed by atoms with van der Waals surface area (Å²) in [6.07, 6.45) is 7.23. The number of hydrogen-bond donors (Lipinski definition) is 1. The second-order valence-corrected chi connectivity index (χ2v) is 3.70. The number of rotatable bonds is 2. The Morgan fingerprint density at radius 1 is 1.38 bits per heavy atom. The molecule has 0 radical (unpaired) electrons. The summed E-state index contributed by atoms with van der Waals surface area (Å²) in [7, 11) is 0. The zero-order valence-corrected chi connectivity index (χ0v) is 7.62. The molecule has 0 atom stereocenters. The minimum absolute atomic E-state index is 0.528. The summed E-state index contributed by atoms with van der Waals surface area (Å²) < 4.78 is 0. The molecule has 1 aromatic heterocycles. The maximum absolute atomic E-state index is 10.4. The van der Waals surface area contributed by atoms with Crippen LogP contribution in [0.25, 0.3) is 0 Å². The Morgan fingerprint density at radius 2 is 2.15 bits per heavy atom. The first-order chi connectivity index (χ1) is 6.40. The molecule has 0 bridgehead atoms. The molecule has 2 rings (SSSR count). The first-order valence-corrected chi connectivity index (χ1v) is 4.90. The summed E-state index contributed by atoms with van der Waals surface area (Å²) in [5.41, 5.74) is 1.67. The number of nitrogens with one attached hydrogen (secondary N) is 1. The van der Waals surface area contributed by atoms with Crippen molar-refractivity contribution in [3.05, 3.63) is 17.5 Å². The number of aromatic amines is 1. The van der Waals surface area contributed by atoms with Crippen LogP contribution in [-0.4, -0.2) is 16.5 Å². The molecule has 0 saturated heterocycles. The summed E-state index contributed by atoms with van der Waals surface area (Å²) >= 11 is 0. The van der Waals surface area contributed by atoms with Gasteiger partial charge in [-0.1, -0.05) is 19.3 Å². The van der Waals surface area contributed by atoms with Crippen LogP contribution in [0.1, 0.15) is 54.2 Å². The van der Waals surface area contributed by atoms with Gasteiger partial charge in [0.1, 0.15) is 5.69 Å². The van der Waals surface area contributed by atoms with Gasteiger partial charge in [0.05, 0.1) is 0 Å². The van der Waals surface area contributed by atoms with Crippen molar-refractivity contribution in [2.24, 2.45) is 0 Å². The average molecular weight is 178 g/mol. The number of nitrogens with zero attached hydrogens (tertiary/aromatic N) is 1. The number of aldehydes is 1. The monoisotopic (exact) mass is 178 g/mol. The van der Waals surface area contributed by atoms with Crippen LogP contribution in [0.2, 0.25) is 0 Å². The minimum atomic E-state index is 0.528. The molecular formula is C10H14N2O. The maximum atomic E-state index is 10.4. The SMILES string of the molecule is O=Cc1cc(C2CCCCC2)[nH]n1. The van der Waals surface area contributed by atoms with Gasteiger partial charge in [-0.25, -0.2) is 0 Å². The molecular weight excluding hydrogens is 164 g/mol. The average Bonchev–Trinajstić information content (AvgIpc) is 2.67. The van der Waals surface area contributed by atoms with Crippen LogP contribution in [0.3, 0.4) is 0 Å². The molecule has 0 amide bonds. The molecule has 0 spiro atoms. The van der Waals surface area contributed by atoms with Gasteiger partial charge >= 0.3 is 0 Å². The van der Waals surface area contributed by atoms with Crippen molar-refractivity contribution in [3.8, 4) is 0 Å². The second-order valence-electron chi connectivity index (χ2n) is 3.70. The molecule has 1 N–H and O–H groups in total. The highest BCUT2D eigenvalue weighted by atomic mass is 16.1. The Balaban J connectivity index is 2.09. The lowest BCUT2D eigenvalue weighted by molar-refractivity contribution is 0.111. The fourth-order valence-corrected chi connectivity index (χ4v) is 2.04. The molecule has 1 fully saturated rings. The molecule has 70 valence electrons. The van der Waals surface area contributed by atoms with Crippen LogP contribution in [0, 0.1) is 0 Å². The molecule has 1 aliphatic rings. The summed E-state index contributed by atoms with van der Waals surface area (Å²) in [6, 6.07) is 1.88. The van der Waals surface area contributed by atoms with Gasteiger partial charge in [-0.2, -0.15) is 5.10 Å². The topological polar surface area (TPSA) is 45.8 Å². The first-order valence-electron chi connectivity index (χ1n) is 4.90. The minimum Gasteiger partial charge on any atom is -0.296 e. The molecule has 13 heavy (non-hydrogen) atoms. The quantitative estimate of drug-likeness (QED) is 0.706. The highest BCUT2D eigenvalue weighted by molar-refractivity contribution is 5.71. The van der Waals surface area contributed by atoms with Crippen molar-refractivity contribution >= 4 is 6.29 Å². The lowest BCUT2D eigenvalue weighted by Crippen LogP contribution is -2.04. The summed E-state index contributed by atoms with van der Waals surface area (Å²) in [6.45, 7) is 0. The molecule has 0 aromatic carbocycles. The van der Waals surface area contributed by atoms with Crippen LogP contribution in [0.5, 0.6) is 0 Å². The van der Waals surface area contributed by atoms with Gasteiger partial charge < -0.3 is 0 Å². The van der Waals surface area contributed by atoms with Gasteiger partial charge in [-0.05, 0) is 18.9 Å². The molecule has 0 unspecified atom stereocenters. The third-order valence-electron chi connectivity index (χ3n) is 2.78. The third kappa shape index (κ3) is 1.79. The van der Waals surface area contributed by atoms with Crippen molar-refractivity contribution < 1.29 is 4.79 Å². The van der Waals surface area contributed by atoms with E-state index in [1.807, 2.05) is 6.07 Å². The van der Waals surface area contributed by atoms with Gasteiger partial charge in [0.15, 0.2) is 6.29 Å². The van der Waals surface area contributed by atoms with Gasteiger partial charge in [0, 0.05) is 11.6 Å². The number of aromatic nitrogens is 2. The van der Waals surface area contributed by atoms with E-state index in [-0.39, 0.29) is 0 Å². The van der Waals surface area contributed by atoms with E-state index in [0.717, 1.165) is 12.0 Å². The Bertz CT molecular complexity index is 287. The Morgan fingerprint density at radius 3 is 2.77 bits per heavy atom. The zero-order chi connectivity index (χ0) is 9.10. The van der Waals surface area contributed by atoms with Crippen molar-refractivity contribution in [1.82, 2.24) is 10.2 Å². The fourth-order valence-electron chi connectivity index (χ4n) is 2.04. The number of hydrogen-bond acceptors (Lipinski definition) is 2. The standard InChI is InChI=1S/C10H14N2O/c13-7-9-6-10(12-11-9)8-4-2-1-3-5-8/h6-8H,1-5H2,(H,11,12). The highest BCUT2D eigenvalue weighted by Gasteiger charge is 2.17. The van der Waals surface area contributed by atoms with E-state index >= 15 is 0 Å². The largest absolute Gasteiger partial charge is 0.296 e. The van der Waals surface area contributed by atoms with Crippen LogP contribution in [0.4, 0.5) is 0 Å². The molecule has 0 aliphatic heterocycles. The van der Waals surface area contributed by atoms with Crippen molar-refractivity contribution in [3.63, 3.8) is 0 Å². The predicted molar refractivity (Wildman–Crippen MR) is 49.8 cm³/mol. The normalized spacial score (nSPS) is 18.8. The van der Waals surface area contributed by atoms with Gasteiger partial charge in [0.2, 0.25) is 0 Å². The third-order valence-corrected chi connectivity index (χ3v) is 2.78. The Kier molecular flexibility index (Phi) is 2.43. The highest BCUT2D eigenvalue weighted by Crippen LogP contribution is 2.31. The van der Waals surface area contributed by atoms with Crippen molar-refractivity contribution in [1.29, 1.82) is 0 Å². The first kappa shape index (κ1) is 8.48. The molecule has 1 aliphatic carbocycles. The smallest absolute Gasteiger partial charge is 0.170 e. The molecule has 3 heteroatoms. The molecule has 3 nitrogen and oxygen atoms in total.